The van der Waals surface area contributed by atoms with Crippen LogP contribution in [0.4, 0.5) is 34.1 Å². The van der Waals surface area contributed by atoms with E-state index in [9.17, 15) is 0 Å². The molecule has 0 saturated heterocycles. The molecule has 0 N–H and O–H groups in total. The summed E-state index contributed by atoms with van der Waals surface area (Å²) < 4.78 is 0. The normalized spacial score (nSPS) is 12.9. The molecule has 0 fully saturated rings. The van der Waals surface area contributed by atoms with Gasteiger partial charge in [0.2, 0.25) is 0 Å². The molecule has 0 aliphatic carbocycles. The number of rotatable bonds is 7. The quantitative estimate of drug-likeness (QED) is 0.159. The highest BCUT2D eigenvalue weighted by molar-refractivity contribution is 6.08. The first-order chi connectivity index (χ1) is 30.0. The molecular weight excluding hydrogens is 737 g/mol. The van der Waals surface area contributed by atoms with Gasteiger partial charge in [-0.1, -0.05) is 190 Å². The first-order valence-corrected chi connectivity index (χ1v) is 21.2. The van der Waals surface area contributed by atoms with Gasteiger partial charge >= 0.3 is 0 Å². The lowest BCUT2D eigenvalue weighted by atomic mass is 9.72. The molecule has 10 aromatic rings. The zero-order chi connectivity index (χ0) is 40.9. The molecule has 1 heterocycles. The number of fused-ring (bicyclic) bond motifs is 4. The maximum absolute atomic E-state index is 2.54. The van der Waals surface area contributed by atoms with Crippen molar-refractivity contribution < 1.29 is 0 Å². The monoisotopic (exact) mass is 780 g/mol. The second-order valence-electron chi connectivity index (χ2n) is 16.6. The first-order valence-electron chi connectivity index (χ1n) is 21.2. The summed E-state index contributed by atoms with van der Waals surface area (Å²) in [6.07, 6.45) is 0. The number of hydrogen-bond acceptors (Lipinski definition) is 2. The standard InChI is InChI=1S/C59H44N2/c1-59(2)54-29-13-14-30-56(54)61(57-38-36-46(40-55(57)59)51-28-16-19-42-17-9-11-26-50(42)51)58-52-27-12-10-18-43(52)35-37-53(58)44-33-31-41(32-34-44)45-20-15-25-49(39-45)60(47-21-5-3-6-22-47)48-23-7-4-8-24-48/h3-40H,1-2H3. The molecule has 0 atom stereocenters. The van der Waals surface area contributed by atoms with E-state index in [1.54, 1.807) is 0 Å². The largest absolute Gasteiger partial charge is 0.310 e. The van der Waals surface area contributed by atoms with Gasteiger partial charge in [0.1, 0.15) is 0 Å². The summed E-state index contributed by atoms with van der Waals surface area (Å²) in [4.78, 5) is 4.86. The van der Waals surface area contributed by atoms with Gasteiger partial charge in [0.25, 0.3) is 0 Å². The topological polar surface area (TPSA) is 6.48 Å². The van der Waals surface area contributed by atoms with E-state index in [0.29, 0.717) is 0 Å². The second-order valence-corrected chi connectivity index (χ2v) is 16.6. The van der Waals surface area contributed by atoms with Gasteiger partial charge in [-0.3, -0.25) is 0 Å². The van der Waals surface area contributed by atoms with Crippen molar-refractivity contribution >= 4 is 55.7 Å². The van der Waals surface area contributed by atoms with E-state index in [0.717, 1.165) is 17.1 Å². The van der Waals surface area contributed by atoms with E-state index in [1.807, 2.05) is 0 Å². The lowest BCUT2D eigenvalue weighted by Gasteiger charge is -2.43. The van der Waals surface area contributed by atoms with E-state index in [4.69, 9.17) is 0 Å². The molecule has 0 spiro atoms. The average molecular weight is 781 g/mol. The van der Waals surface area contributed by atoms with Crippen LogP contribution in [0.3, 0.4) is 0 Å². The molecule has 10 aromatic carbocycles. The fourth-order valence-electron chi connectivity index (χ4n) is 9.59. The molecule has 290 valence electrons. The highest BCUT2D eigenvalue weighted by Gasteiger charge is 2.38. The number of hydrogen-bond donors (Lipinski definition) is 0. The molecule has 0 amide bonds. The lowest BCUT2D eigenvalue weighted by molar-refractivity contribution is 0.632. The van der Waals surface area contributed by atoms with E-state index < -0.39 is 0 Å². The third-order valence-corrected chi connectivity index (χ3v) is 12.6. The van der Waals surface area contributed by atoms with Crippen LogP contribution in [0.15, 0.2) is 231 Å². The molecule has 0 saturated carbocycles. The Kier molecular flexibility index (Phi) is 8.86. The van der Waals surface area contributed by atoms with Crippen LogP contribution >= 0.6 is 0 Å². The third kappa shape index (κ3) is 6.27. The highest BCUT2D eigenvalue weighted by atomic mass is 15.2. The second kappa shape index (κ2) is 14.9. The van der Waals surface area contributed by atoms with Crippen molar-refractivity contribution in [1.82, 2.24) is 0 Å². The van der Waals surface area contributed by atoms with Crippen molar-refractivity contribution in [2.75, 3.05) is 9.80 Å². The Bertz CT molecular complexity index is 3180. The molecule has 0 radical (unpaired) electrons. The van der Waals surface area contributed by atoms with E-state index >= 15 is 0 Å². The third-order valence-electron chi connectivity index (χ3n) is 12.6. The lowest BCUT2D eigenvalue weighted by Crippen LogP contribution is -2.31. The number of nitrogens with zero attached hydrogens (tertiary/aromatic N) is 2. The van der Waals surface area contributed by atoms with Crippen LogP contribution in [-0.2, 0) is 5.41 Å². The molecule has 0 unspecified atom stereocenters. The van der Waals surface area contributed by atoms with Crippen molar-refractivity contribution in [2.24, 2.45) is 0 Å². The molecule has 2 nitrogen and oxygen atoms in total. The molecule has 0 bridgehead atoms. The average Bonchev–Trinajstić information content (AvgIpc) is 3.32. The summed E-state index contributed by atoms with van der Waals surface area (Å²) in [6, 6.07) is 84.1. The van der Waals surface area contributed by atoms with Crippen LogP contribution in [0, 0.1) is 0 Å². The fraction of sp³-hybridized carbons (Fsp3) is 0.0508. The first kappa shape index (κ1) is 36.4. The van der Waals surface area contributed by atoms with Crippen molar-refractivity contribution in [3.63, 3.8) is 0 Å². The number of para-hydroxylation sites is 3. The van der Waals surface area contributed by atoms with Crippen molar-refractivity contribution in [3.05, 3.63) is 242 Å². The van der Waals surface area contributed by atoms with Crippen LogP contribution in [0.25, 0.3) is 54.9 Å². The summed E-state index contributed by atoms with van der Waals surface area (Å²) in [6.45, 7) is 4.76. The SMILES string of the molecule is CC1(C)c2ccccc2N(c2c(-c3ccc(-c4cccc(N(c5ccccc5)c5ccccc5)c4)cc3)ccc3ccccc23)c2ccc(-c3cccc4ccccc34)cc21. The smallest absolute Gasteiger partial charge is 0.0618 e. The highest BCUT2D eigenvalue weighted by Crippen LogP contribution is 2.55. The van der Waals surface area contributed by atoms with Gasteiger partial charge in [-0.15, -0.1) is 0 Å². The zero-order valence-corrected chi connectivity index (χ0v) is 34.3. The Morgan fingerprint density at radius 1 is 0.344 bits per heavy atom. The molecular formula is C59H44N2. The van der Waals surface area contributed by atoms with Gasteiger partial charge in [-0.05, 0) is 110 Å². The van der Waals surface area contributed by atoms with Gasteiger partial charge < -0.3 is 9.80 Å². The van der Waals surface area contributed by atoms with Crippen LogP contribution in [0.2, 0.25) is 0 Å². The Morgan fingerprint density at radius 3 is 1.66 bits per heavy atom. The molecule has 61 heavy (non-hydrogen) atoms. The van der Waals surface area contributed by atoms with Crippen LogP contribution in [0.5, 0.6) is 0 Å². The van der Waals surface area contributed by atoms with Crippen LogP contribution < -0.4 is 9.80 Å². The van der Waals surface area contributed by atoms with Gasteiger partial charge in [0, 0.05) is 33.4 Å². The van der Waals surface area contributed by atoms with Gasteiger partial charge in [-0.25, -0.2) is 0 Å². The molecule has 1 aliphatic heterocycles. The summed E-state index contributed by atoms with van der Waals surface area (Å²) >= 11 is 0. The summed E-state index contributed by atoms with van der Waals surface area (Å²) in [5, 5.41) is 4.96. The Balaban J connectivity index is 1.05. The number of benzene rings is 10. The minimum Gasteiger partial charge on any atom is -0.310 e. The zero-order valence-electron chi connectivity index (χ0n) is 34.3. The molecule has 1 aliphatic rings. The van der Waals surface area contributed by atoms with E-state index in [2.05, 4.69) is 254 Å². The minimum atomic E-state index is -0.236. The summed E-state index contributed by atoms with van der Waals surface area (Å²) in [7, 11) is 0. The Morgan fingerprint density at radius 2 is 0.902 bits per heavy atom. The van der Waals surface area contributed by atoms with Gasteiger partial charge in [0.15, 0.2) is 0 Å². The predicted octanol–water partition coefficient (Wildman–Crippen LogP) is 16.6. The predicted molar refractivity (Wildman–Crippen MR) is 259 cm³/mol. The van der Waals surface area contributed by atoms with Crippen molar-refractivity contribution in [1.29, 1.82) is 0 Å². The fourth-order valence-corrected chi connectivity index (χ4v) is 9.59. The molecule has 2 heteroatoms. The van der Waals surface area contributed by atoms with Gasteiger partial charge in [0.05, 0.1) is 17.1 Å². The summed E-state index contributed by atoms with van der Waals surface area (Å²) in [5.41, 5.74) is 16.6. The maximum atomic E-state index is 2.54. The molecule has 0 aromatic heterocycles. The van der Waals surface area contributed by atoms with Gasteiger partial charge in [-0.2, -0.15) is 0 Å². The Labute approximate surface area is 358 Å². The maximum Gasteiger partial charge on any atom is 0.0618 e. The van der Waals surface area contributed by atoms with E-state index in [1.165, 1.54) is 83.1 Å². The molecule has 11 rings (SSSR count). The number of anilines is 6. The van der Waals surface area contributed by atoms with Crippen LogP contribution in [0.1, 0.15) is 25.0 Å². The van der Waals surface area contributed by atoms with Crippen molar-refractivity contribution in [2.45, 2.75) is 19.3 Å². The summed E-state index contributed by atoms with van der Waals surface area (Å²) in [5.74, 6) is 0. The Hall–Kier alpha value is -7.68. The van der Waals surface area contributed by atoms with E-state index in [-0.39, 0.29) is 5.41 Å². The van der Waals surface area contributed by atoms with Crippen molar-refractivity contribution in [3.8, 4) is 33.4 Å². The van der Waals surface area contributed by atoms with Crippen LogP contribution in [-0.4, -0.2) is 0 Å². The minimum absolute atomic E-state index is 0.236.